The molecule has 1 aromatic heterocycles. The molecule has 1 heterocycles. The lowest BCUT2D eigenvalue weighted by Gasteiger charge is -2.27. The van der Waals surface area contributed by atoms with E-state index in [-0.39, 0.29) is 0 Å². The van der Waals surface area contributed by atoms with Crippen LogP contribution in [-0.4, -0.2) is 14.7 Å². The first-order valence-corrected chi connectivity index (χ1v) is 5.90. The van der Waals surface area contributed by atoms with E-state index in [9.17, 15) is 5.11 Å². The second-order valence-electron chi connectivity index (χ2n) is 4.38. The average Bonchev–Trinajstić information content (AvgIpc) is 2.76. The molecule has 0 saturated carbocycles. The van der Waals surface area contributed by atoms with Crippen LogP contribution < -0.4 is 0 Å². The van der Waals surface area contributed by atoms with Gasteiger partial charge in [0.25, 0.3) is 0 Å². The van der Waals surface area contributed by atoms with Crippen LogP contribution in [0, 0.1) is 0 Å². The van der Waals surface area contributed by atoms with E-state index in [4.69, 9.17) is 0 Å². The molecule has 17 heavy (non-hydrogen) atoms. The van der Waals surface area contributed by atoms with E-state index < -0.39 is 5.60 Å². The number of aryl methyl sites for hydroxylation is 1. The van der Waals surface area contributed by atoms with Gasteiger partial charge in [0, 0.05) is 25.9 Å². The molecular formula is C14H18N2O. The molecule has 1 atom stereocenters. The lowest BCUT2D eigenvalue weighted by Crippen LogP contribution is -2.28. The van der Waals surface area contributed by atoms with Crippen molar-refractivity contribution in [1.82, 2.24) is 9.55 Å². The normalized spacial score (nSPS) is 14.5. The van der Waals surface area contributed by atoms with E-state index in [0.717, 1.165) is 11.4 Å². The standard InChI is InChI=1S/C14H18N2O/c1-3-14(17,12-7-5-4-6-8-12)11-13-15-9-10-16(13)2/h4-10,17H,3,11H2,1-2H3. The molecule has 0 amide bonds. The van der Waals surface area contributed by atoms with Crippen molar-refractivity contribution in [2.24, 2.45) is 7.05 Å². The smallest absolute Gasteiger partial charge is 0.111 e. The van der Waals surface area contributed by atoms with Gasteiger partial charge in [0.05, 0.1) is 5.60 Å². The molecule has 0 fully saturated rings. The molecule has 1 N–H and O–H groups in total. The Morgan fingerprint density at radius 1 is 1.29 bits per heavy atom. The van der Waals surface area contributed by atoms with Crippen LogP contribution >= 0.6 is 0 Å². The predicted molar refractivity (Wildman–Crippen MR) is 67.5 cm³/mol. The number of hydrogen-bond donors (Lipinski definition) is 1. The Bertz CT molecular complexity index is 478. The third kappa shape index (κ3) is 2.39. The van der Waals surface area contributed by atoms with Crippen LogP contribution in [0.1, 0.15) is 24.7 Å². The third-order valence-electron chi connectivity index (χ3n) is 3.27. The minimum absolute atomic E-state index is 0.539. The van der Waals surface area contributed by atoms with Gasteiger partial charge in [-0.05, 0) is 12.0 Å². The molecule has 3 nitrogen and oxygen atoms in total. The number of hydrogen-bond acceptors (Lipinski definition) is 2. The van der Waals surface area contributed by atoms with Crippen molar-refractivity contribution in [3.8, 4) is 0 Å². The maximum absolute atomic E-state index is 10.7. The maximum atomic E-state index is 10.7. The monoisotopic (exact) mass is 230 g/mol. The molecule has 1 aromatic carbocycles. The second kappa shape index (κ2) is 4.72. The van der Waals surface area contributed by atoms with Gasteiger partial charge in [0.2, 0.25) is 0 Å². The van der Waals surface area contributed by atoms with Gasteiger partial charge in [0.15, 0.2) is 0 Å². The summed E-state index contributed by atoms with van der Waals surface area (Å²) in [4.78, 5) is 4.28. The molecule has 1 unspecified atom stereocenters. The highest BCUT2D eigenvalue weighted by Crippen LogP contribution is 2.28. The molecule has 0 aliphatic rings. The van der Waals surface area contributed by atoms with E-state index >= 15 is 0 Å². The van der Waals surface area contributed by atoms with Crippen LogP contribution in [0.5, 0.6) is 0 Å². The molecule has 0 saturated heterocycles. The largest absolute Gasteiger partial charge is 0.385 e. The van der Waals surface area contributed by atoms with Crippen molar-refractivity contribution < 1.29 is 5.11 Å². The van der Waals surface area contributed by atoms with E-state index in [1.807, 2.05) is 55.1 Å². The first kappa shape index (κ1) is 11.9. The van der Waals surface area contributed by atoms with Gasteiger partial charge < -0.3 is 9.67 Å². The molecule has 0 aliphatic heterocycles. The summed E-state index contributed by atoms with van der Waals surface area (Å²) >= 11 is 0. The summed E-state index contributed by atoms with van der Waals surface area (Å²) < 4.78 is 1.95. The summed E-state index contributed by atoms with van der Waals surface area (Å²) in [7, 11) is 1.95. The first-order valence-electron chi connectivity index (χ1n) is 5.90. The summed E-state index contributed by atoms with van der Waals surface area (Å²) in [5, 5.41) is 10.7. The van der Waals surface area contributed by atoms with Gasteiger partial charge in [-0.1, -0.05) is 37.3 Å². The third-order valence-corrected chi connectivity index (χ3v) is 3.27. The Kier molecular flexibility index (Phi) is 3.29. The zero-order valence-electron chi connectivity index (χ0n) is 10.3. The van der Waals surface area contributed by atoms with E-state index in [1.54, 1.807) is 6.20 Å². The Morgan fingerprint density at radius 2 is 2.00 bits per heavy atom. The van der Waals surface area contributed by atoms with E-state index in [0.29, 0.717) is 12.8 Å². The van der Waals surface area contributed by atoms with Crippen molar-refractivity contribution >= 4 is 0 Å². The minimum atomic E-state index is -0.833. The molecule has 0 spiro atoms. The van der Waals surface area contributed by atoms with Crippen molar-refractivity contribution in [2.45, 2.75) is 25.4 Å². The van der Waals surface area contributed by atoms with Crippen LogP contribution in [0.4, 0.5) is 0 Å². The number of imidazole rings is 1. The van der Waals surface area contributed by atoms with Crippen molar-refractivity contribution in [3.05, 3.63) is 54.1 Å². The highest BCUT2D eigenvalue weighted by molar-refractivity contribution is 5.23. The average molecular weight is 230 g/mol. The Hall–Kier alpha value is -1.61. The molecule has 0 aliphatic carbocycles. The lowest BCUT2D eigenvalue weighted by atomic mass is 9.87. The number of benzene rings is 1. The Balaban J connectivity index is 2.30. The van der Waals surface area contributed by atoms with Crippen LogP contribution in [0.25, 0.3) is 0 Å². The number of aromatic nitrogens is 2. The second-order valence-corrected chi connectivity index (χ2v) is 4.38. The highest BCUT2D eigenvalue weighted by Gasteiger charge is 2.28. The Labute approximate surface area is 102 Å². The fourth-order valence-electron chi connectivity index (χ4n) is 2.01. The summed E-state index contributed by atoms with van der Waals surface area (Å²) in [6.07, 6.45) is 4.87. The molecule has 90 valence electrons. The van der Waals surface area contributed by atoms with Crippen LogP contribution in [0.2, 0.25) is 0 Å². The number of nitrogens with zero attached hydrogens (tertiary/aromatic N) is 2. The molecule has 3 heteroatoms. The van der Waals surface area contributed by atoms with Crippen LogP contribution in [0.3, 0.4) is 0 Å². The van der Waals surface area contributed by atoms with Crippen LogP contribution in [0.15, 0.2) is 42.7 Å². The first-order chi connectivity index (χ1) is 8.15. The van der Waals surface area contributed by atoms with Gasteiger partial charge >= 0.3 is 0 Å². The van der Waals surface area contributed by atoms with Gasteiger partial charge in [-0.2, -0.15) is 0 Å². The van der Waals surface area contributed by atoms with E-state index in [2.05, 4.69) is 4.98 Å². The minimum Gasteiger partial charge on any atom is -0.385 e. The molecular weight excluding hydrogens is 212 g/mol. The van der Waals surface area contributed by atoms with Crippen LogP contribution in [-0.2, 0) is 19.1 Å². The number of aliphatic hydroxyl groups is 1. The summed E-state index contributed by atoms with van der Waals surface area (Å²) in [6, 6.07) is 9.79. The van der Waals surface area contributed by atoms with Gasteiger partial charge in [-0.15, -0.1) is 0 Å². The van der Waals surface area contributed by atoms with Gasteiger partial charge in [-0.3, -0.25) is 0 Å². The SMILES string of the molecule is CCC(O)(Cc1nccn1C)c1ccccc1. The Morgan fingerprint density at radius 3 is 2.53 bits per heavy atom. The quantitative estimate of drug-likeness (QED) is 0.875. The van der Waals surface area contributed by atoms with E-state index in [1.165, 1.54) is 0 Å². The molecule has 2 aromatic rings. The summed E-state index contributed by atoms with van der Waals surface area (Å²) in [5.74, 6) is 0.901. The fraction of sp³-hybridized carbons (Fsp3) is 0.357. The van der Waals surface area contributed by atoms with Gasteiger partial charge in [-0.25, -0.2) is 4.98 Å². The van der Waals surface area contributed by atoms with Crippen molar-refractivity contribution in [3.63, 3.8) is 0 Å². The van der Waals surface area contributed by atoms with Gasteiger partial charge in [0.1, 0.15) is 5.82 Å². The summed E-state index contributed by atoms with van der Waals surface area (Å²) in [6.45, 7) is 2.00. The zero-order valence-corrected chi connectivity index (χ0v) is 10.3. The number of rotatable bonds is 4. The van der Waals surface area contributed by atoms with Crippen molar-refractivity contribution in [2.75, 3.05) is 0 Å². The fourth-order valence-corrected chi connectivity index (χ4v) is 2.01. The zero-order chi connectivity index (χ0) is 12.3. The highest BCUT2D eigenvalue weighted by atomic mass is 16.3. The maximum Gasteiger partial charge on any atom is 0.111 e. The van der Waals surface area contributed by atoms with Crippen molar-refractivity contribution in [1.29, 1.82) is 0 Å². The molecule has 2 rings (SSSR count). The predicted octanol–water partition coefficient (Wildman–Crippen LogP) is 2.26. The molecule has 0 radical (unpaired) electrons. The summed E-state index contributed by atoms with van der Waals surface area (Å²) in [5.41, 5.74) is 0.117. The lowest BCUT2D eigenvalue weighted by molar-refractivity contribution is 0.0301. The molecule has 0 bridgehead atoms. The topological polar surface area (TPSA) is 38.1 Å².